The summed E-state index contributed by atoms with van der Waals surface area (Å²) in [7, 11) is 0. The molecule has 0 bridgehead atoms. The van der Waals surface area contributed by atoms with Crippen LogP contribution in [0.2, 0.25) is 0 Å². The Morgan fingerprint density at radius 1 is 1.18 bits per heavy atom. The first-order valence-corrected chi connectivity index (χ1v) is 10.2. The van der Waals surface area contributed by atoms with Gasteiger partial charge >= 0.3 is 12.0 Å². The molecular formula is C20H17F4N7O3. The van der Waals surface area contributed by atoms with Crippen LogP contribution < -0.4 is 20.3 Å². The number of aromatic nitrogens is 4. The molecule has 2 aliphatic heterocycles. The van der Waals surface area contributed by atoms with Gasteiger partial charge in [-0.2, -0.15) is 5.10 Å². The summed E-state index contributed by atoms with van der Waals surface area (Å²) in [6.07, 6.45) is -0.462. The van der Waals surface area contributed by atoms with Crippen molar-refractivity contribution in [2.24, 2.45) is 0 Å². The van der Waals surface area contributed by atoms with Gasteiger partial charge in [0.05, 0.1) is 30.4 Å². The Balaban J connectivity index is 1.45. The molecule has 2 N–H and O–H groups in total. The number of pyridine rings is 1. The Bertz CT molecular complexity index is 1270. The van der Waals surface area contributed by atoms with Gasteiger partial charge in [-0.05, 0) is 12.1 Å². The Labute approximate surface area is 188 Å². The van der Waals surface area contributed by atoms with E-state index in [1.807, 2.05) is 0 Å². The Morgan fingerprint density at radius 2 is 2.00 bits per heavy atom. The summed E-state index contributed by atoms with van der Waals surface area (Å²) in [5, 5.41) is 8.98. The Kier molecular flexibility index (Phi) is 5.21. The fraction of sp³-hybridized carbons (Fsp3) is 0.350. The van der Waals surface area contributed by atoms with Crippen LogP contribution in [0, 0.1) is 0 Å². The predicted molar refractivity (Wildman–Crippen MR) is 108 cm³/mol. The zero-order valence-corrected chi connectivity index (χ0v) is 17.3. The predicted octanol–water partition coefficient (Wildman–Crippen LogP) is 1.89. The van der Waals surface area contributed by atoms with Crippen molar-refractivity contribution >= 4 is 23.3 Å². The molecule has 0 aromatic carbocycles. The van der Waals surface area contributed by atoms with Gasteiger partial charge in [0.15, 0.2) is 11.8 Å². The number of anilines is 1. The molecule has 5 heterocycles. The van der Waals surface area contributed by atoms with Crippen molar-refractivity contribution in [3.63, 3.8) is 0 Å². The summed E-state index contributed by atoms with van der Waals surface area (Å²) in [6, 6.07) is 2.84. The standard InChI is InChI=1S/C20H17F4N7O3/c21-16(22)10-1-2-25-15(5-10)34-14-8-30(9-20(14,23)24)13-6-12(29-31-4-3-26-17(13)31)11-7-27-19(33)28-18(11)32/h1-6,11,14,16H,7-9H2,(H2,27,28,32,33)/t11?,14-/m0/s1. The number of urea groups is 1. The van der Waals surface area contributed by atoms with E-state index in [4.69, 9.17) is 4.74 Å². The molecule has 0 saturated carbocycles. The number of rotatable bonds is 5. The van der Waals surface area contributed by atoms with E-state index in [9.17, 15) is 27.2 Å². The van der Waals surface area contributed by atoms with E-state index in [1.54, 1.807) is 0 Å². The zero-order valence-electron chi connectivity index (χ0n) is 17.3. The zero-order chi connectivity index (χ0) is 24.0. The van der Waals surface area contributed by atoms with E-state index >= 15 is 0 Å². The van der Waals surface area contributed by atoms with Crippen molar-refractivity contribution in [3.05, 3.63) is 48.0 Å². The molecule has 2 saturated heterocycles. The van der Waals surface area contributed by atoms with Gasteiger partial charge in [0.1, 0.15) is 0 Å². The van der Waals surface area contributed by atoms with Gasteiger partial charge in [-0.25, -0.2) is 36.8 Å². The molecule has 0 spiro atoms. The van der Waals surface area contributed by atoms with Crippen LogP contribution in [-0.2, 0) is 4.79 Å². The second-order valence-electron chi connectivity index (χ2n) is 7.88. The Hall–Kier alpha value is -3.97. The number of imide groups is 1. The lowest BCUT2D eigenvalue weighted by Crippen LogP contribution is -2.51. The van der Waals surface area contributed by atoms with Crippen LogP contribution >= 0.6 is 0 Å². The van der Waals surface area contributed by atoms with Gasteiger partial charge < -0.3 is 15.0 Å². The van der Waals surface area contributed by atoms with Crippen molar-refractivity contribution in [3.8, 4) is 5.88 Å². The molecule has 14 heteroatoms. The third-order valence-corrected chi connectivity index (χ3v) is 5.61. The van der Waals surface area contributed by atoms with E-state index in [-0.39, 0.29) is 41.6 Å². The first kappa shape index (κ1) is 21.9. The molecule has 3 amide bonds. The van der Waals surface area contributed by atoms with Crippen LogP contribution in [-0.4, -0.2) is 63.2 Å². The number of carbonyl (C=O) groups is 2. The van der Waals surface area contributed by atoms with Gasteiger partial charge in [-0.15, -0.1) is 0 Å². The second kappa shape index (κ2) is 8.11. The number of nitrogens with one attached hydrogen (secondary N) is 2. The smallest absolute Gasteiger partial charge is 0.321 e. The fourth-order valence-corrected chi connectivity index (χ4v) is 3.92. The van der Waals surface area contributed by atoms with Crippen LogP contribution in [0.1, 0.15) is 23.6 Å². The minimum Gasteiger partial charge on any atom is -0.466 e. The molecule has 10 nitrogen and oxygen atoms in total. The van der Waals surface area contributed by atoms with Gasteiger partial charge in [-0.1, -0.05) is 0 Å². The normalized spacial score (nSPS) is 22.2. The highest BCUT2D eigenvalue weighted by Crippen LogP contribution is 2.36. The van der Waals surface area contributed by atoms with Crippen molar-refractivity contribution in [2.75, 3.05) is 24.5 Å². The SMILES string of the molecule is O=C1NCC(c2cc(N3C[C@H](Oc4cc(C(F)F)ccn4)C(F)(F)C3)c3nccn3n2)C(=O)N1. The average Bonchev–Trinajstić information content (AvgIpc) is 3.37. The molecule has 0 aliphatic carbocycles. The van der Waals surface area contributed by atoms with Crippen LogP contribution in [0.15, 0.2) is 36.8 Å². The lowest BCUT2D eigenvalue weighted by atomic mass is 10.0. The first-order valence-electron chi connectivity index (χ1n) is 10.2. The first-order chi connectivity index (χ1) is 16.2. The maximum atomic E-state index is 14.9. The largest absolute Gasteiger partial charge is 0.466 e. The van der Waals surface area contributed by atoms with Crippen LogP contribution in [0.3, 0.4) is 0 Å². The maximum absolute atomic E-state index is 14.9. The summed E-state index contributed by atoms with van der Waals surface area (Å²) in [4.78, 5) is 32.9. The van der Waals surface area contributed by atoms with Crippen LogP contribution in [0.4, 0.5) is 28.0 Å². The van der Waals surface area contributed by atoms with E-state index in [1.165, 1.54) is 27.9 Å². The minimum absolute atomic E-state index is 0.00858. The summed E-state index contributed by atoms with van der Waals surface area (Å²) < 4.78 is 62.3. The van der Waals surface area contributed by atoms with Crippen molar-refractivity contribution in [1.82, 2.24) is 30.2 Å². The van der Waals surface area contributed by atoms with Gasteiger partial charge in [-0.3, -0.25) is 10.1 Å². The molecule has 5 rings (SSSR count). The van der Waals surface area contributed by atoms with Gasteiger partial charge in [0.25, 0.3) is 6.43 Å². The van der Waals surface area contributed by atoms with Crippen LogP contribution in [0.25, 0.3) is 5.65 Å². The molecule has 0 radical (unpaired) electrons. The third-order valence-electron chi connectivity index (χ3n) is 5.61. The number of halogens is 4. The number of fused-ring (bicyclic) bond motifs is 1. The molecule has 1 unspecified atom stereocenters. The van der Waals surface area contributed by atoms with E-state index < -0.39 is 42.9 Å². The topological polar surface area (TPSA) is 114 Å². The number of carbonyl (C=O) groups excluding carboxylic acids is 2. The molecule has 3 aromatic heterocycles. The lowest BCUT2D eigenvalue weighted by Gasteiger charge is -2.24. The summed E-state index contributed by atoms with van der Waals surface area (Å²) in [6.45, 7) is -1.05. The number of imidazole rings is 1. The number of alkyl halides is 4. The quantitative estimate of drug-likeness (QED) is 0.538. The summed E-state index contributed by atoms with van der Waals surface area (Å²) in [5.41, 5.74) is 0.411. The van der Waals surface area contributed by atoms with Crippen molar-refractivity contribution in [1.29, 1.82) is 0 Å². The highest BCUT2D eigenvalue weighted by atomic mass is 19.3. The lowest BCUT2D eigenvalue weighted by molar-refractivity contribution is -0.122. The molecule has 2 atom stereocenters. The number of ether oxygens (including phenoxy) is 1. The molecule has 2 fully saturated rings. The van der Waals surface area contributed by atoms with Gasteiger partial charge in [0.2, 0.25) is 11.8 Å². The van der Waals surface area contributed by atoms with E-state index in [0.717, 1.165) is 18.3 Å². The minimum atomic E-state index is -3.34. The highest BCUT2D eigenvalue weighted by molar-refractivity contribution is 6.00. The Morgan fingerprint density at radius 3 is 2.76 bits per heavy atom. The van der Waals surface area contributed by atoms with Gasteiger partial charge in [0, 0.05) is 36.8 Å². The monoisotopic (exact) mass is 479 g/mol. The number of amides is 3. The summed E-state index contributed by atoms with van der Waals surface area (Å²) >= 11 is 0. The second-order valence-corrected chi connectivity index (χ2v) is 7.88. The molecule has 178 valence electrons. The van der Waals surface area contributed by atoms with Crippen molar-refractivity contribution < 1.29 is 31.9 Å². The molecule has 2 aliphatic rings. The maximum Gasteiger partial charge on any atom is 0.321 e. The number of nitrogens with zero attached hydrogens (tertiary/aromatic N) is 5. The van der Waals surface area contributed by atoms with Crippen molar-refractivity contribution in [2.45, 2.75) is 24.4 Å². The molecule has 34 heavy (non-hydrogen) atoms. The highest BCUT2D eigenvalue weighted by Gasteiger charge is 2.51. The molecule has 3 aromatic rings. The number of hydrogen-bond donors (Lipinski definition) is 2. The molecular weight excluding hydrogens is 462 g/mol. The third kappa shape index (κ3) is 3.95. The summed E-state index contributed by atoms with van der Waals surface area (Å²) in [5.74, 6) is -5.08. The number of hydrogen-bond acceptors (Lipinski definition) is 7. The van der Waals surface area contributed by atoms with E-state index in [2.05, 4.69) is 25.7 Å². The fourth-order valence-electron chi connectivity index (χ4n) is 3.92. The average molecular weight is 479 g/mol. The van der Waals surface area contributed by atoms with Crippen LogP contribution in [0.5, 0.6) is 5.88 Å². The van der Waals surface area contributed by atoms with E-state index in [0.29, 0.717) is 0 Å².